The fourth-order valence-electron chi connectivity index (χ4n) is 8.30. The SMILES string of the molecule is c1ccc(-c2cccc3c2sc2c(N(c4ccc(-c5cccc6ccccc56)c5ccccc45)c4cccc5c4oc4ccccc45)cccc23)cc1. The van der Waals surface area contributed by atoms with Crippen molar-refractivity contribution >= 4 is 92.1 Å². The third-order valence-corrected chi connectivity index (χ3v) is 12.0. The number of anilines is 3. The lowest BCUT2D eigenvalue weighted by atomic mass is 9.93. The summed E-state index contributed by atoms with van der Waals surface area (Å²) in [4.78, 5) is 2.44. The van der Waals surface area contributed by atoms with E-state index in [0.29, 0.717) is 0 Å². The van der Waals surface area contributed by atoms with Gasteiger partial charge in [-0.25, -0.2) is 0 Å². The number of fused-ring (bicyclic) bond motifs is 8. The van der Waals surface area contributed by atoms with Gasteiger partial charge in [-0.2, -0.15) is 0 Å². The molecule has 3 heteroatoms. The fourth-order valence-corrected chi connectivity index (χ4v) is 9.64. The van der Waals surface area contributed by atoms with E-state index in [1.165, 1.54) is 64.0 Å². The van der Waals surface area contributed by atoms with Gasteiger partial charge in [-0.1, -0.05) is 164 Å². The second kappa shape index (κ2) is 11.9. The van der Waals surface area contributed by atoms with Crippen LogP contribution in [0.5, 0.6) is 0 Å². The molecule has 0 amide bonds. The Morgan fingerprint density at radius 2 is 0.925 bits per heavy atom. The Bertz CT molecular complexity index is 3180. The average Bonchev–Trinajstić information content (AvgIpc) is 3.81. The van der Waals surface area contributed by atoms with E-state index in [-0.39, 0.29) is 0 Å². The first kappa shape index (κ1) is 30.0. The van der Waals surface area contributed by atoms with E-state index in [9.17, 15) is 0 Å². The molecule has 0 unspecified atom stereocenters. The van der Waals surface area contributed by atoms with Crippen LogP contribution in [0.4, 0.5) is 17.1 Å². The van der Waals surface area contributed by atoms with Gasteiger partial charge in [-0.05, 0) is 62.7 Å². The number of thiophene rings is 1. The molecule has 0 aliphatic rings. The van der Waals surface area contributed by atoms with Gasteiger partial charge in [-0.3, -0.25) is 0 Å². The van der Waals surface area contributed by atoms with Crippen molar-refractivity contribution in [2.75, 3.05) is 4.90 Å². The van der Waals surface area contributed by atoms with Crippen molar-refractivity contribution in [3.63, 3.8) is 0 Å². The van der Waals surface area contributed by atoms with Gasteiger partial charge in [0.15, 0.2) is 5.58 Å². The second-order valence-corrected chi connectivity index (χ2v) is 14.6. The summed E-state index contributed by atoms with van der Waals surface area (Å²) in [5, 5.41) is 9.61. The quantitative estimate of drug-likeness (QED) is 0.178. The van der Waals surface area contributed by atoms with Crippen LogP contribution >= 0.6 is 11.3 Å². The molecule has 11 rings (SSSR count). The molecule has 0 fully saturated rings. The zero-order chi connectivity index (χ0) is 34.9. The Balaban J connectivity index is 1.23. The van der Waals surface area contributed by atoms with Gasteiger partial charge < -0.3 is 9.32 Å². The van der Waals surface area contributed by atoms with Crippen molar-refractivity contribution in [1.82, 2.24) is 0 Å². The van der Waals surface area contributed by atoms with E-state index < -0.39 is 0 Å². The molecule has 248 valence electrons. The normalized spacial score (nSPS) is 11.8. The molecule has 2 nitrogen and oxygen atoms in total. The van der Waals surface area contributed by atoms with Crippen LogP contribution in [0, 0.1) is 0 Å². The van der Waals surface area contributed by atoms with Crippen LogP contribution in [0.2, 0.25) is 0 Å². The number of para-hydroxylation sites is 2. The maximum Gasteiger partial charge on any atom is 0.159 e. The number of hydrogen-bond acceptors (Lipinski definition) is 3. The average molecular weight is 694 g/mol. The summed E-state index contributed by atoms with van der Waals surface area (Å²) in [7, 11) is 0. The van der Waals surface area contributed by atoms with Crippen LogP contribution in [-0.2, 0) is 0 Å². The molecule has 0 spiro atoms. The van der Waals surface area contributed by atoms with Crippen LogP contribution in [0.3, 0.4) is 0 Å². The third kappa shape index (κ3) is 4.64. The molecular formula is C50H31NOS. The minimum absolute atomic E-state index is 0.874. The first-order valence-corrected chi connectivity index (χ1v) is 18.8. The highest BCUT2D eigenvalue weighted by Crippen LogP contribution is 2.51. The third-order valence-electron chi connectivity index (χ3n) is 10.7. The smallest absolute Gasteiger partial charge is 0.159 e. The molecule has 0 aliphatic carbocycles. The summed E-state index contributed by atoms with van der Waals surface area (Å²) in [6.07, 6.45) is 0. The van der Waals surface area contributed by atoms with E-state index >= 15 is 0 Å². The summed E-state index contributed by atoms with van der Waals surface area (Å²) >= 11 is 1.87. The molecule has 0 saturated carbocycles. The first-order chi connectivity index (χ1) is 26.3. The lowest BCUT2D eigenvalue weighted by molar-refractivity contribution is 0.669. The summed E-state index contributed by atoms with van der Waals surface area (Å²) in [6.45, 7) is 0. The maximum atomic E-state index is 6.77. The number of nitrogens with zero attached hydrogens (tertiary/aromatic N) is 1. The van der Waals surface area contributed by atoms with E-state index in [4.69, 9.17) is 4.42 Å². The van der Waals surface area contributed by atoms with Crippen molar-refractivity contribution in [3.05, 3.63) is 188 Å². The predicted octanol–water partition coefficient (Wildman–Crippen LogP) is 15.1. The maximum absolute atomic E-state index is 6.77. The largest absolute Gasteiger partial charge is 0.454 e. The zero-order valence-corrected chi connectivity index (χ0v) is 29.5. The summed E-state index contributed by atoms with van der Waals surface area (Å²) in [5.74, 6) is 0. The van der Waals surface area contributed by atoms with E-state index in [1.54, 1.807) is 0 Å². The van der Waals surface area contributed by atoms with Crippen molar-refractivity contribution < 1.29 is 4.42 Å². The second-order valence-electron chi connectivity index (χ2n) is 13.6. The Labute approximate surface area is 310 Å². The summed E-state index contributed by atoms with van der Waals surface area (Å²) in [6, 6.07) is 67.8. The molecule has 0 aliphatic heterocycles. The van der Waals surface area contributed by atoms with Gasteiger partial charge in [0.1, 0.15) is 5.58 Å². The Hall–Kier alpha value is -6.68. The molecule has 0 atom stereocenters. The Morgan fingerprint density at radius 1 is 0.340 bits per heavy atom. The number of hydrogen-bond donors (Lipinski definition) is 0. The van der Waals surface area contributed by atoms with Crippen LogP contribution in [0.25, 0.3) is 85.9 Å². The number of benzene rings is 9. The first-order valence-electron chi connectivity index (χ1n) is 18.0. The zero-order valence-electron chi connectivity index (χ0n) is 28.7. The topological polar surface area (TPSA) is 16.4 Å². The highest BCUT2D eigenvalue weighted by Gasteiger charge is 2.25. The van der Waals surface area contributed by atoms with Gasteiger partial charge in [0.2, 0.25) is 0 Å². The molecule has 0 saturated heterocycles. The highest BCUT2D eigenvalue weighted by atomic mass is 32.1. The van der Waals surface area contributed by atoms with Crippen LogP contribution < -0.4 is 4.90 Å². The van der Waals surface area contributed by atoms with Crippen molar-refractivity contribution in [2.45, 2.75) is 0 Å². The van der Waals surface area contributed by atoms with E-state index in [0.717, 1.165) is 39.0 Å². The van der Waals surface area contributed by atoms with E-state index in [2.05, 4.69) is 187 Å². The Morgan fingerprint density at radius 3 is 1.79 bits per heavy atom. The molecule has 53 heavy (non-hydrogen) atoms. The molecule has 0 N–H and O–H groups in total. The van der Waals surface area contributed by atoms with Gasteiger partial charge >= 0.3 is 0 Å². The lowest BCUT2D eigenvalue weighted by Crippen LogP contribution is -2.11. The van der Waals surface area contributed by atoms with Crippen molar-refractivity contribution in [3.8, 4) is 22.3 Å². The molecule has 9 aromatic carbocycles. The van der Waals surface area contributed by atoms with Gasteiger partial charge in [-0.15, -0.1) is 11.3 Å². The Kier molecular flexibility index (Phi) is 6.76. The van der Waals surface area contributed by atoms with Gasteiger partial charge in [0, 0.05) is 31.6 Å². The summed E-state index contributed by atoms with van der Waals surface area (Å²) < 4.78 is 9.30. The van der Waals surface area contributed by atoms with Crippen LogP contribution in [-0.4, -0.2) is 0 Å². The molecule has 0 radical (unpaired) electrons. The molecule has 11 aromatic rings. The molecule has 2 aromatic heterocycles. The minimum atomic E-state index is 0.874. The highest BCUT2D eigenvalue weighted by molar-refractivity contribution is 7.27. The van der Waals surface area contributed by atoms with Crippen molar-refractivity contribution in [1.29, 1.82) is 0 Å². The van der Waals surface area contributed by atoms with Gasteiger partial charge in [0.25, 0.3) is 0 Å². The van der Waals surface area contributed by atoms with Crippen LogP contribution in [0.1, 0.15) is 0 Å². The standard InChI is InChI=1S/C50H31NOS/c1-2-14-33(15-3-1)35-22-11-25-42-43-26-13-28-46(50(43)53-49(35)42)51(45-27-12-24-41-40-21-8-9-29-47(40)52-48(41)45)44-31-30-38(37-19-6-7-20-39(37)44)36-23-10-17-32-16-4-5-18-34(32)36/h1-31H. The van der Waals surface area contributed by atoms with E-state index in [1.807, 2.05) is 17.4 Å². The lowest BCUT2D eigenvalue weighted by Gasteiger charge is -2.28. The molecule has 2 heterocycles. The van der Waals surface area contributed by atoms with Crippen molar-refractivity contribution in [2.24, 2.45) is 0 Å². The summed E-state index contributed by atoms with van der Waals surface area (Å²) in [5.41, 5.74) is 9.93. The van der Waals surface area contributed by atoms with Crippen LogP contribution in [0.15, 0.2) is 192 Å². The monoisotopic (exact) mass is 693 g/mol. The number of rotatable bonds is 5. The molecular weight excluding hydrogens is 663 g/mol. The van der Waals surface area contributed by atoms with Gasteiger partial charge in [0.05, 0.1) is 21.8 Å². The number of furan rings is 1. The predicted molar refractivity (Wildman–Crippen MR) is 227 cm³/mol. The minimum Gasteiger partial charge on any atom is -0.454 e. The molecule has 0 bridgehead atoms. The fraction of sp³-hybridized carbons (Fsp3) is 0.